The fourth-order valence-electron chi connectivity index (χ4n) is 3.04. The highest BCUT2D eigenvalue weighted by Crippen LogP contribution is 2.37. The molecule has 0 saturated carbocycles. The van der Waals surface area contributed by atoms with Crippen molar-refractivity contribution >= 4 is 39.8 Å². The molecule has 2 heterocycles. The molecule has 0 spiro atoms. The number of hydrogen-bond acceptors (Lipinski definition) is 7. The number of hydrogen-bond donors (Lipinski definition) is 3. The maximum atomic E-state index is 11.1. The Morgan fingerprint density at radius 2 is 1.96 bits per heavy atom. The van der Waals surface area contributed by atoms with Crippen molar-refractivity contribution in [3.63, 3.8) is 0 Å². The molecule has 1 aromatic heterocycles. The first kappa shape index (κ1) is 17.2. The summed E-state index contributed by atoms with van der Waals surface area (Å²) < 4.78 is 10.7. The molecule has 5 N–H and O–H groups in total. The van der Waals surface area contributed by atoms with Crippen LogP contribution in [0.15, 0.2) is 24.3 Å². The third kappa shape index (κ3) is 3.15. The quantitative estimate of drug-likeness (QED) is 0.582. The van der Waals surface area contributed by atoms with Crippen LogP contribution in [-0.2, 0) is 17.6 Å². The molecular weight excluding hydrogens is 372 g/mol. The highest BCUT2D eigenvalue weighted by molar-refractivity contribution is 6.37. The molecule has 8 nitrogen and oxygen atoms in total. The molecule has 0 unspecified atom stereocenters. The predicted molar refractivity (Wildman–Crippen MR) is 100 cm³/mol. The molecule has 0 radical (unpaired) electrons. The summed E-state index contributed by atoms with van der Waals surface area (Å²) >= 11 is 6.20. The summed E-state index contributed by atoms with van der Waals surface area (Å²) in [5.74, 6) is 0.463. The van der Waals surface area contributed by atoms with Gasteiger partial charge in [0.15, 0.2) is 11.5 Å². The van der Waals surface area contributed by atoms with E-state index in [9.17, 15) is 4.79 Å². The summed E-state index contributed by atoms with van der Waals surface area (Å²) in [6, 6.07) is 7.12. The van der Waals surface area contributed by atoms with Crippen molar-refractivity contribution in [3.8, 4) is 11.5 Å². The van der Waals surface area contributed by atoms with Crippen LogP contribution in [0.25, 0.3) is 10.9 Å². The third-order valence-corrected chi connectivity index (χ3v) is 4.65. The summed E-state index contributed by atoms with van der Waals surface area (Å²) in [5.41, 5.74) is 14.5. The number of rotatable bonds is 4. The number of halogens is 1. The van der Waals surface area contributed by atoms with E-state index in [1.54, 1.807) is 6.07 Å². The molecule has 9 heteroatoms. The molecule has 27 heavy (non-hydrogen) atoms. The summed E-state index contributed by atoms with van der Waals surface area (Å²) in [6.45, 7) is 0.180. The molecule has 0 amide bonds. The number of nitrogens with two attached hydrogens (primary N) is 2. The molecular formula is C18H15ClN4O4. The number of fused-ring (bicyclic) bond motifs is 2. The Morgan fingerprint density at radius 3 is 2.74 bits per heavy atom. The van der Waals surface area contributed by atoms with Gasteiger partial charge in [-0.05, 0) is 23.8 Å². The molecule has 4 rings (SSSR count). The molecule has 0 bridgehead atoms. The highest BCUT2D eigenvalue weighted by atomic mass is 35.5. The molecule has 0 aliphatic carbocycles. The van der Waals surface area contributed by atoms with Crippen LogP contribution < -0.4 is 20.9 Å². The van der Waals surface area contributed by atoms with Gasteiger partial charge in [0.2, 0.25) is 6.79 Å². The van der Waals surface area contributed by atoms with Crippen LogP contribution in [0, 0.1) is 0 Å². The molecule has 0 fully saturated rings. The lowest BCUT2D eigenvalue weighted by molar-refractivity contribution is -0.136. The molecule has 3 aromatic rings. The van der Waals surface area contributed by atoms with Gasteiger partial charge in [-0.15, -0.1) is 0 Å². The van der Waals surface area contributed by atoms with Crippen molar-refractivity contribution in [1.82, 2.24) is 9.97 Å². The lowest BCUT2D eigenvalue weighted by atomic mass is 10.0. The molecule has 138 valence electrons. The number of nitrogen functional groups attached to an aromatic ring is 2. The second-order valence-corrected chi connectivity index (χ2v) is 6.49. The Labute approximate surface area is 158 Å². The predicted octanol–water partition coefficient (Wildman–Crippen LogP) is 2.39. The Hall–Kier alpha value is -3.26. The topological polar surface area (TPSA) is 134 Å². The average Bonchev–Trinajstić information content (AvgIpc) is 3.06. The maximum Gasteiger partial charge on any atom is 0.311 e. The van der Waals surface area contributed by atoms with E-state index in [1.165, 1.54) is 0 Å². The Morgan fingerprint density at radius 1 is 1.19 bits per heavy atom. The number of ether oxygens (including phenoxy) is 2. The van der Waals surface area contributed by atoms with Gasteiger partial charge in [-0.2, -0.15) is 0 Å². The van der Waals surface area contributed by atoms with Gasteiger partial charge in [0, 0.05) is 11.8 Å². The Kier molecular flexibility index (Phi) is 4.12. The fraction of sp³-hybridized carbons (Fsp3) is 0.167. The van der Waals surface area contributed by atoms with Gasteiger partial charge in [-0.25, -0.2) is 9.97 Å². The minimum atomic E-state index is -1.03. The number of benzene rings is 2. The molecule has 1 aliphatic heterocycles. The van der Waals surface area contributed by atoms with Gasteiger partial charge in [-0.1, -0.05) is 17.7 Å². The van der Waals surface area contributed by atoms with Crippen LogP contribution in [0.1, 0.15) is 17.1 Å². The zero-order valence-corrected chi connectivity index (χ0v) is 14.8. The molecule has 2 aromatic carbocycles. The SMILES string of the molecule is Nc1cc2nc(CC(=O)O)nc(Cc3ccc4c(c3)OCO4)c2c(N)c1Cl. The standard InChI is InChI=1S/C18H15ClN4O4/c19-17-9(20)5-11-16(18(17)21)10(22-14(23-11)6-15(24)25)3-8-1-2-12-13(4-8)27-7-26-12/h1-2,4-5H,3,6-7,20-21H2,(H,24,25). The van der Waals surface area contributed by atoms with Crippen LogP contribution in [0.4, 0.5) is 11.4 Å². The normalized spacial score (nSPS) is 12.5. The van der Waals surface area contributed by atoms with Gasteiger partial charge in [0.1, 0.15) is 12.2 Å². The Balaban J connectivity index is 1.86. The Bertz CT molecular complexity index is 1090. The summed E-state index contributed by atoms with van der Waals surface area (Å²) in [5, 5.41) is 9.88. The van der Waals surface area contributed by atoms with E-state index in [1.807, 2.05) is 18.2 Å². The zero-order valence-electron chi connectivity index (χ0n) is 14.0. The number of aromatic nitrogens is 2. The van der Waals surface area contributed by atoms with Gasteiger partial charge < -0.3 is 26.0 Å². The number of nitrogens with zero attached hydrogens (tertiary/aromatic N) is 2. The van der Waals surface area contributed by atoms with Crippen LogP contribution in [-0.4, -0.2) is 27.8 Å². The van der Waals surface area contributed by atoms with Crippen molar-refractivity contribution in [3.05, 3.63) is 46.4 Å². The minimum Gasteiger partial charge on any atom is -0.481 e. The van der Waals surface area contributed by atoms with E-state index in [0.29, 0.717) is 34.5 Å². The molecule has 0 saturated heterocycles. The largest absolute Gasteiger partial charge is 0.481 e. The second kappa shape index (κ2) is 6.48. The maximum absolute atomic E-state index is 11.1. The van der Waals surface area contributed by atoms with Crippen LogP contribution >= 0.6 is 11.6 Å². The second-order valence-electron chi connectivity index (χ2n) is 6.11. The molecule has 1 aliphatic rings. The minimum absolute atomic E-state index is 0.173. The van der Waals surface area contributed by atoms with E-state index in [2.05, 4.69) is 9.97 Å². The number of aliphatic carboxylic acids is 1. The van der Waals surface area contributed by atoms with E-state index < -0.39 is 5.97 Å². The zero-order chi connectivity index (χ0) is 19.1. The van der Waals surface area contributed by atoms with Crippen LogP contribution in [0.2, 0.25) is 5.02 Å². The van der Waals surface area contributed by atoms with E-state index in [-0.39, 0.29) is 35.4 Å². The summed E-state index contributed by atoms with van der Waals surface area (Å²) in [6.07, 6.45) is 0.0687. The number of carboxylic acid groups (broad SMARTS) is 1. The van der Waals surface area contributed by atoms with Gasteiger partial charge >= 0.3 is 5.97 Å². The number of carboxylic acids is 1. The van der Waals surface area contributed by atoms with Gasteiger partial charge in [0.05, 0.1) is 27.6 Å². The first-order chi connectivity index (χ1) is 12.9. The first-order valence-electron chi connectivity index (χ1n) is 8.05. The van der Waals surface area contributed by atoms with Crippen molar-refractivity contribution in [2.45, 2.75) is 12.8 Å². The summed E-state index contributed by atoms with van der Waals surface area (Å²) in [7, 11) is 0. The lowest BCUT2D eigenvalue weighted by Gasteiger charge is -2.13. The van der Waals surface area contributed by atoms with Crippen LogP contribution in [0.5, 0.6) is 11.5 Å². The van der Waals surface area contributed by atoms with Crippen molar-refractivity contribution < 1.29 is 19.4 Å². The highest BCUT2D eigenvalue weighted by Gasteiger charge is 2.18. The third-order valence-electron chi connectivity index (χ3n) is 4.23. The smallest absolute Gasteiger partial charge is 0.311 e. The number of carbonyl (C=O) groups is 1. The van der Waals surface area contributed by atoms with Gasteiger partial charge in [-0.3, -0.25) is 4.79 Å². The van der Waals surface area contributed by atoms with E-state index in [4.69, 9.17) is 37.6 Å². The van der Waals surface area contributed by atoms with Crippen molar-refractivity contribution in [2.24, 2.45) is 0 Å². The number of anilines is 2. The van der Waals surface area contributed by atoms with Crippen LogP contribution in [0.3, 0.4) is 0 Å². The first-order valence-corrected chi connectivity index (χ1v) is 8.43. The summed E-state index contributed by atoms with van der Waals surface area (Å²) in [4.78, 5) is 19.8. The molecule has 0 atom stereocenters. The van der Waals surface area contributed by atoms with Crippen molar-refractivity contribution in [2.75, 3.05) is 18.3 Å². The monoisotopic (exact) mass is 386 g/mol. The van der Waals surface area contributed by atoms with Crippen molar-refractivity contribution in [1.29, 1.82) is 0 Å². The van der Waals surface area contributed by atoms with Gasteiger partial charge in [0.25, 0.3) is 0 Å². The average molecular weight is 387 g/mol. The fourth-order valence-corrected chi connectivity index (χ4v) is 3.19. The van der Waals surface area contributed by atoms with E-state index >= 15 is 0 Å². The van der Waals surface area contributed by atoms with E-state index in [0.717, 1.165) is 5.56 Å². The lowest BCUT2D eigenvalue weighted by Crippen LogP contribution is -2.09.